The Morgan fingerprint density at radius 1 is 1.50 bits per heavy atom. The lowest BCUT2D eigenvalue weighted by Crippen LogP contribution is -2.10. The second-order valence-electron chi connectivity index (χ2n) is 3.22. The van der Waals surface area contributed by atoms with E-state index in [1.807, 2.05) is 37.3 Å². The molecular weight excluding hydrogens is 194 g/mol. The SMILES string of the molecule is Cc1ccccc1CS(=O)C(C)C#N. The quantitative estimate of drug-likeness (QED) is 0.762. The van der Waals surface area contributed by atoms with Crippen LogP contribution in [0, 0.1) is 18.3 Å². The molecule has 0 saturated heterocycles. The minimum Gasteiger partial charge on any atom is -0.258 e. The number of rotatable bonds is 3. The molecule has 2 nitrogen and oxygen atoms in total. The van der Waals surface area contributed by atoms with Crippen LogP contribution in [0.2, 0.25) is 0 Å². The third-order valence-corrected chi connectivity index (χ3v) is 3.62. The first-order chi connectivity index (χ1) is 6.65. The minimum atomic E-state index is -1.09. The zero-order valence-corrected chi connectivity index (χ0v) is 9.17. The third kappa shape index (κ3) is 2.68. The molecule has 2 unspecified atom stereocenters. The van der Waals surface area contributed by atoms with Gasteiger partial charge in [-0.1, -0.05) is 24.3 Å². The summed E-state index contributed by atoms with van der Waals surface area (Å²) in [5, 5.41) is 8.22. The fraction of sp³-hybridized carbons (Fsp3) is 0.364. The van der Waals surface area contributed by atoms with Gasteiger partial charge < -0.3 is 0 Å². The lowest BCUT2D eigenvalue weighted by atomic mass is 10.1. The highest BCUT2D eigenvalue weighted by Gasteiger charge is 2.10. The van der Waals surface area contributed by atoms with Gasteiger partial charge in [0.15, 0.2) is 0 Å². The van der Waals surface area contributed by atoms with Gasteiger partial charge in [0.2, 0.25) is 0 Å². The van der Waals surface area contributed by atoms with Crippen molar-refractivity contribution in [3.63, 3.8) is 0 Å². The normalized spacial score (nSPS) is 14.4. The molecule has 0 aliphatic carbocycles. The monoisotopic (exact) mass is 207 g/mol. The average molecular weight is 207 g/mol. The van der Waals surface area contributed by atoms with Crippen LogP contribution in [0.5, 0.6) is 0 Å². The van der Waals surface area contributed by atoms with Crippen LogP contribution in [-0.4, -0.2) is 9.46 Å². The average Bonchev–Trinajstić information content (AvgIpc) is 2.20. The lowest BCUT2D eigenvalue weighted by molar-refractivity contribution is 0.679. The molecule has 0 heterocycles. The summed E-state index contributed by atoms with van der Waals surface area (Å²) < 4.78 is 11.6. The number of hydrogen-bond donors (Lipinski definition) is 0. The summed E-state index contributed by atoms with van der Waals surface area (Å²) in [4.78, 5) is 0. The van der Waals surface area contributed by atoms with Crippen molar-refractivity contribution >= 4 is 10.8 Å². The Hall–Kier alpha value is -1.14. The standard InChI is InChI=1S/C11H13NOS/c1-9-5-3-4-6-11(9)8-14(13)10(2)7-12/h3-6,10H,8H2,1-2H3. The Morgan fingerprint density at radius 3 is 2.71 bits per heavy atom. The van der Waals surface area contributed by atoms with Crippen molar-refractivity contribution in [2.75, 3.05) is 0 Å². The van der Waals surface area contributed by atoms with Crippen LogP contribution in [0.3, 0.4) is 0 Å². The van der Waals surface area contributed by atoms with E-state index >= 15 is 0 Å². The van der Waals surface area contributed by atoms with Gasteiger partial charge in [-0.2, -0.15) is 5.26 Å². The second-order valence-corrected chi connectivity index (χ2v) is 4.98. The van der Waals surface area contributed by atoms with Crippen LogP contribution in [0.15, 0.2) is 24.3 Å². The van der Waals surface area contributed by atoms with Gasteiger partial charge in [0.25, 0.3) is 0 Å². The van der Waals surface area contributed by atoms with Crippen molar-refractivity contribution in [3.05, 3.63) is 35.4 Å². The first kappa shape index (κ1) is 10.9. The van der Waals surface area contributed by atoms with E-state index in [0.29, 0.717) is 5.75 Å². The highest BCUT2D eigenvalue weighted by molar-refractivity contribution is 7.85. The van der Waals surface area contributed by atoms with E-state index in [0.717, 1.165) is 11.1 Å². The topological polar surface area (TPSA) is 40.9 Å². The maximum Gasteiger partial charge on any atom is 0.119 e. The van der Waals surface area contributed by atoms with Crippen molar-refractivity contribution in [3.8, 4) is 6.07 Å². The van der Waals surface area contributed by atoms with E-state index in [1.165, 1.54) is 0 Å². The molecule has 1 aromatic carbocycles. The molecule has 0 aromatic heterocycles. The summed E-state index contributed by atoms with van der Waals surface area (Å²) in [6, 6.07) is 9.83. The van der Waals surface area contributed by atoms with Crippen LogP contribution >= 0.6 is 0 Å². The molecule has 2 atom stereocenters. The Morgan fingerprint density at radius 2 is 2.14 bits per heavy atom. The molecule has 1 aromatic rings. The highest BCUT2D eigenvalue weighted by Crippen LogP contribution is 2.11. The van der Waals surface area contributed by atoms with Gasteiger partial charge in [-0.15, -0.1) is 0 Å². The van der Waals surface area contributed by atoms with Gasteiger partial charge in [0.1, 0.15) is 5.25 Å². The number of aryl methyl sites for hydroxylation is 1. The number of nitriles is 1. The second kappa shape index (κ2) is 4.92. The molecule has 3 heteroatoms. The molecule has 0 radical (unpaired) electrons. The predicted octanol–water partition coefficient (Wildman–Crippen LogP) is 2.16. The van der Waals surface area contributed by atoms with Gasteiger partial charge in [-0.05, 0) is 25.0 Å². The smallest absolute Gasteiger partial charge is 0.119 e. The summed E-state index contributed by atoms with van der Waals surface area (Å²) in [7, 11) is -1.09. The molecular formula is C11H13NOS. The van der Waals surface area contributed by atoms with Gasteiger partial charge in [0, 0.05) is 10.8 Å². The van der Waals surface area contributed by atoms with E-state index in [9.17, 15) is 4.21 Å². The summed E-state index contributed by atoms with van der Waals surface area (Å²) in [5.41, 5.74) is 2.19. The molecule has 74 valence electrons. The molecule has 14 heavy (non-hydrogen) atoms. The van der Waals surface area contributed by atoms with E-state index in [4.69, 9.17) is 5.26 Å². The van der Waals surface area contributed by atoms with Gasteiger partial charge >= 0.3 is 0 Å². The summed E-state index contributed by atoms with van der Waals surface area (Å²) in [6.45, 7) is 3.68. The maximum absolute atomic E-state index is 11.6. The Kier molecular flexibility index (Phi) is 3.84. The molecule has 0 aliphatic heterocycles. The maximum atomic E-state index is 11.6. The fourth-order valence-corrected chi connectivity index (χ4v) is 2.11. The molecule has 0 aliphatic rings. The molecule has 0 amide bonds. The predicted molar refractivity (Wildman–Crippen MR) is 58.1 cm³/mol. The largest absolute Gasteiger partial charge is 0.258 e. The zero-order chi connectivity index (χ0) is 10.6. The molecule has 0 fully saturated rings. The Balaban J connectivity index is 2.76. The summed E-state index contributed by atoms with van der Waals surface area (Å²) >= 11 is 0. The van der Waals surface area contributed by atoms with E-state index in [2.05, 4.69) is 0 Å². The van der Waals surface area contributed by atoms with Crippen molar-refractivity contribution in [1.29, 1.82) is 5.26 Å². The number of nitrogens with zero attached hydrogens (tertiary/aromatic N) is 1. The van der Waals surface area contributed by atoms with Crippen molar-refractivity contribution < 1.29 is 4.21 Å². The minimum absolute atomic E-state index is 0.394. The lowest BCUT2D eigenvalue weighted by Gasteiger charge is -2.06. The molecule has 0 saturated carbocycles. The van der Waals surface area contributed by atoms with Crippen LogP contribution in [0.25, 0.3) is 0 Å². The molecule has 0 bridgehead atoms. The van der Waals surface area contributed by atoms with Crippen LogP contribution in [0.4, 0.5) is 0 Å². The number of hydrogen-bond acceptors (Lipinski definition) is 2. The zero-order valence-electron chi connectivity index (χ0n) is 8.36. The summed E-state index contributed by atoms with van der Waals surface area (Å²) in [5.74, 6) is 0.474. The van der Waals surface area contributed by atoms with Gasteiger partial charge in [-0.3, -0.25) is 4.21 Å². The van der Waals surface area contributed by atoms with E-state index in [-0.39, 0.29) is 0 Å². The highest BCUT2D eigenvalue weighted by atomic mass is 32.2. The van der Waals surface area contributed by atoms with Crippen LogP contribution in [0.1, 0.15) is 18.1 Å². The fourth-order valence-electron chi connectivity index (χ4n) is 1.11. The first-order valence-electron chi connectivity index (χ1n) is 4.46. The number of benzene rings is 1. The molecule has 0 spiro atoms. The van der Waals surface area contributed by atoms with Gasteiger partial charge in [-0.25, -0.2) is 0 Å². The van der Waals surface area contributed by atoms with Crippen molar-refractivity contribution in [2.24, 2.45) is 0 Å². The van der Waals surface area contributed by atoms with Crippen molar-refractivity contribution in [1.82, 2.24) is 0 Å². The Labute approximate surface area is 87.0 Å². The summed E-state index contributed by atoms with van der Waals surface area (Å²) in [6.07, 6.45) is 0. The van der Waals surface area contributed by atoms with Crippen LogP contribution < -0.4 is 0 Å². The van der Waals surface area contributed by atoms with Gasteiger partial charge in [0.05, 0.1) is 11.8 Å². The third-order valence-electron chi connectivity index (χ3n) is 2.14. The van der Waals surface area contributed by atoms with Crippen molar-refractivity contribution in [2.45, 2.75) is 24.9 Å². The van der Waals surface area contributed by atoms with E-state index in [1.54, 1.807) is 6.92 Å². The van der Waals surface area contributed by atoms with E-state index < -0.39 is 16.0 Å². The van der Waals surface area contributed by atoms with Crippen LogP contribution in [-0.2, 0) is 16.6 Å². The molecule has 1 rings (SSSR count). The Bertz CT molecular complexity index is 381. The molecule has 0 N–H and O–H groups in total. The first-order valence-corrected chi connectivity index (χ1v) is 5.84.